The van der Waals surface area contributed by atoms with Crippen LogP contribution in [0.15, 0.2) is 51.4 Å². The fraction of sp³-hybridized carbons (Fsp3) is 0.300. The maximum atomic E-state index is 13.0. The van der Waals surface area contributed by atoms with Crippen LogP contribution >= 0.6 is 22.7 Å². The van der Waals surface area contributed by atoms with E-state index >= 15 is 0 Å². The first kappa shape index (κ1) is 21.0. The number of hydrogen-bond donors (Lipinski definition) is 1. The van der Waals surface area contributed by atoms with E-state index in [1.165, 1.54) is 15.6 Å². The lowest BCUT2D eigenvalue weighted by molar-refractivity contribution is -0.120. The predicted molar refractivity (Wildman–Crippen MR) is 119 cm³/mol. The number of hydrogen-bond acceptors (Lipinski definition) is 7. The highest BCUT2D eigenvalue weighted by atomic mass is 32.2. The Labute approximate surface area is 183 Å². The Kier molecular flexibility index (Phi) is 6.19. The molecule has 0 spiro atoms. The summed E-state index contributed by atoms with van der Waals surface area (Å²) in [6.45, 7) is 0.341. The van der Waals surface area contributed by atoms with Gasteiger partial charge in [-0.2, -0.15) is 4.31 Å². The zero-order valence-corrected chi connectivity index (χ0v) is 18.7. The molecule has 0 bridgehead atoms. The smallest absolute Gasteiger partial charge is 0.253 e. The van der Waals surface area contributed by atoms with E-state index in [4.69, 9.17) is 4.74 Å². The van der Waals surface area contributed by atoms with Crippen molar-refractivity contribution in [1.29, 1.82) is 0 Å². The highest BCUT2D eigenvalue weighted by Crippen LogP contribution is 2.30. The molecule has 1 aliphatic rings. The first-order valence-corrected chi connectivity index (χ1v) is 12.6. The number of anilines is 1. The van der Waals surface area contributed by atoms with Gasteiger partial charge < -0.3 is 10.1 Å². The van der Waals surface area contributed by atoms with E-state index in [9.17, 15) is 13.2 Å². The molecule has 1 aromatic carbocycles. The van der Waals surface area contributed by atoms with Crippen LogP contribution in [0.25, 0.3) is 11.3 Å². The molecular formula is C20H21N3O4S3. The van der Waals surface area contributed by atoms with Crippen molar-refractivity contribution in [3.8, 4) is 17.0 Å². The number of carbonyl (C=O) groups excluding carboxylic acids is 1. The lowest BCUT2D eigenvalue weighted by atomic mass is 10.0. The standard InChI is InChI=1S/C20H21N3O4S3/c1-27-15-9-7-14(8-10-15)16-13-29-20(21-16)22-19(24)17-5-2-3-11-23(17)30(25,26)18-6-4-12-28-18/h4,6-10,12-13,17H,2-3,5,11H2,1H3,(H,21,22,24). The monoisotopic (exact) mass is 463 g/mol. The van der Waals surface area contributed by atoms with Crippen LogP contribution in [0.5, 0.6) is 5.75 Å². The molecular weight excluding hydrogens is 442 g/mol. The van der Waals surface area contributed by atoms with E-state index in [1.54, 1.807) is 24.6 Å². The van der Waals surface area contributed by atoms with Crippen LogP contribution in [0.3, 0.4) is 0 Å². The van der Waals surface area contributed by atoms with Crippen LogP contribution in [-0.2, 0) is 14.8 Å². The van der Waals surface area contributed by atoms with Crippen LogP contribution < -0.4 is 10.1 Å². The summed E-state index contributed by atoms with van der Waals surface area (Å²) in [7, 11) is -2.08. The number of carbonyl (C=O) groups is 1. The van der Waals surface area contributed by atoms with Crippen molar-refractivity contribution in [2.45, 2.75) is 29.5 Å². The van der Waals surface area contributed by atoms with Gasteiger partial charge in [-0.1, -0.05) is 12.5 Å². The van der Waals surface area contributed by atoms with E-state index in [1.807, 2.05) is 29.6 Å². The summed E-state index contributed by atoms with van der Waals surface area (Å²) in [5.74, 6) is 0.414. The fourth-order valence-electron chi connectivity index (χ4n) is 3.39. The zero-order valence-electron chi connectivity index (χ0n) is 16.3. The highest BCUT2D eigenvalue weighted by molar-refractivity contribution is 7.91. The Hall–Kier alpha value is -2.27. The van der Waals surface area contributed by atoms with Crippen molar-refractivity contribution in [2.24, 2.45) is 0 Å². The van der Waals surface area contributed by atoms with E-state index in [-0.39, 0.29) is 10.1 Å². The molecule has 1 amide bonds. The van der Waals surface area contributed by atoms with Gasteiger partial charge >= 0.3 is 0 Å². The minimum Gasteiger partial charge on any atom is -0.497 e. The number of rotatable bonds is 6. The summed E-state index contributed by atoms with van der Waals surface area (Å²) >= 11 is 2.48. The summed E-state index contributed by atoms with van der Waals surface area (Å²) in [6.07, 6.45) is 2.05. The van der Waals surface area contributed by atoms with Crippen molar-refractivity contribution in [3.05, 3.63) is 47.2 Å². The number of nitrogens with zero attached hydrogens (tertiary/aromatic N) is 2. The van der Waals surface area contributed by atoms with Gasteiger partial charge in [-0.3, -0.25) is 4.79 Å². The van der Waals surface area contributed by atoms with Gasteiger partial charge in [0.15, 0.2) is 5.13 Å². The number of ether oxygens (including phenoxy) is 1. The van der Waals surface area contributed by atoms with Crippen molar-refractivity contribution < 1.29 is 17.9 Å². The summed E-state index contributed by atoms with van der Waals surface area (Å²) < 4.78 is 32.7. The minimum atomic E-state index is -3.69. The maximum Gasteiger partial charge on any atom is 0.253 e. The summed E-state index contributed by atoms with van der Waals surface area (Å²) in [5.41, 5.74) is 1.65. The van der Waals surface area contributed by atoms with E-state index in [0.29, 0.717) is 18.1 Å². The molecule has 2 aromatic heterocycles. The van der Waals surface area contributed by atoms with Crippen LogP contribution in [0.2, 0.25) is 0 Å². The molecule has 30 heavy (non-hydrogen) atoms. The maximum absolute atomic E-state index is 13.0. The Morgan fingerprint density at radius 2 is 2.00 bits per heavy atom. The molecule has 0 saturated carbocycles. The third-order valence-corrected chi connectivity index (χ3v) is 8.97. The normalized spacial score (nSPS) is 17.6. The molecule has 3 aromatic rings. The Bertz CT molecular complexity index is 1110. The van der Waals surface area contributed by atoms with Gasteiger partial charge in [0.05, 0.1) is 12.8 Å². The van der Waals surface area contributed by atoms with E-state index < -0.39 is 16.1 Å². The Balaban J connectivity index is 1.50. The van der Waals surface area contributed by atoms with Crippen molar-refractivity contribution in [2.75, 3.05) is 19.0 Å². The lowest BCUT2D eigenvalue weighted by Gasteiger charge is -2.32. The SMILES string of the molecule is COc1ccc(-c2csc(NC(=O)C3CCCCN3S(=O)(=O)c3cccs3)n2)cc1. The molecule has 1 atom stereocenters. The number of thiophene rings is 1. The number of piperidine rings is 1. The molecule has 10 heteroatoms. The second kappa shape index (κ2) is 8.84. The Morgan fingerprint density at radius 1 is 1.20 bits per heavy atom. The summed E-state index contributed by atoms with van der Waals surface area (Å²) in [4.78, 5) is 17.4. The number of sulfonamides is 1. The fourth-order valence-corrected chi connectivity index (χ4v) is 6.89. The molecule has 3 heterocycles. The summed E-state index contributed by atoms with van der Waals surface area (Å²) in [5, 5.41) is 6.85. The van der Waals surface area contributed by atoms with Crippen molar-refractivity contribution in [1.82, 2.24) is 9.29 Å². The van der Waals surface area contributed by atoms with E-state index in [2.05, 4.69) is 10.3 Å². The van der Waals surface area contributed by atoms with Gasteiger partial charge in [0.1, 0.15) is 16.0 Å². The number of methoxy groups -OCH3 is 1. The quantitative estimate of drug-likeness (QED) is 0.595. The van der Waals surface area contributed by atoms with E-state index in [0.717, 1.165) is 41.2 Å². The number of nitrogens with one attached hydrogen (secondary N) is 1. The second-order valence-electron chi connectivity index (χ2n) is 6.82. The van der Waals surface area contributed by atoms with Gasteiger partial charge in [0, 0.05) is 17.5 Å². The second-order valence-corrected chi connectivity index (χ2v) is 10.7. The molecule has 4 rings (SSSR count). The minimum absolute atomic E-state index is 0.262. The highest BCUT2D eigenvalue weighted by Gasteiger charge is 2.38. The molecule has 1 N–H and O–H groups in total. The molecule has 7 nitrogen and oxygen atoms in total. The zero-order chi connectivity index (χ0) is 21.1. The van der Waals surface area contributed by atoms with Crippen LogP contribution in [0, 0.1) is 0 Å². The van der Waals surface area contributed by atoms with Crippen LogP contribution in [-0.4, -0.2) is 43.3 Å². The first-order chi connectivity index (χ1) is 14.5. The van der Waals surface area contributed by atoms with Crippen molar-refractivity contribution in [3.63, 3.8) is 0 Å². The molecule has 0 radical (unpaired) electrons. The average molecular weight is 464 g/mol. The average Bonchev–Trinajstić information content (AvgIpc) is 3.47. The Morgan fingerprint density at radius 3 is 2.70 bits per heavy atom. The first-order valence-electron chi connectivity index (χ1n) is 9.45. The molecule has 0 aliphatic carbocycles. The van der Waals surface area contributed by atoms with Gasteiger partial charge in [-0.25, -0.2) is 13.4 Å². The number of aromatic nitrogens is 1. The molecule has 1 fully saturated rings. The number of thiazole rings is 1. The van der Waals surface area contributed by atoms with Crippen LogP contribution in [0.1, 0.15) is 19.3 Å². The molecule has 1 aliphatic heterocycles. The predicted octanol–water partition coefficient (Wildman–Crippen LogP) is 4.06. The topological polar surface area (TPSA) is 88.6 Å². The molecule has 1 unspecified atom stereocenters. The molecule has 1 saturated heterocycles. The third-order valence-electron chi connectivity index (χ3n) is 4.93. The largest absolute Gasteiger partial charge is 0.497 e. The van der Waals surface area contributed by atoms with Gasteiger partial charge in [-0.15, -0.1) is 22.7 Å². The summed E-state index contributed by atoms with van der Waals surface area (Å²) in [6, 6.07) is 10.0. The van der Waals surface area contributed by atoms with Gasteiger partial charge in [0.2, 0.25) is 5.91 Å². The number of amides is 1. The van der Waals surface area contributed by atoms with Gasteiger partial charge in [-0.05, 0) is 48.6 Å². The van der Waals surface area contributed by atoms with Gasteiger partial charge in [0.25, 0.3) is 10.0 Å². The molecule has 158 valence electrons. The number of benzene rings is 1. The lowest BCUT2D eigenvalue weighted by Crippen LogP contribution is -2.49. The van der Waals surface area contributed by atoms with Crippen molar-refractivity contribution >= 4 is 43.7 Å². The third kappa shape index (κ3) is 4.27. The van der Waals surface area contributed by atoms with Crippen LogP contribution in [0.4, 0.5) is 5.13 Å².